The fourth-order valence-corrected chi connectivity index (χ4v) is 1.45. The summed E-state index contributed by atoms with van der Waals surface area (Å²) in [4.78, 5) is 11.3. The molecule has 0 saturated carbocycles. The summed E-state index contributed by atoms with van der Waals surface area (Å²) < 4.78 is 46.0. The Labute approximate surface area is 132 Å². The van der Waals surface area contributed by atoms with Gasteiger partial charge in [-0.2, -0.15) is 13.2 Å². The summed E-state index contributed by atoms with van der Waals surface area (Å²) in [7, 11) is 1.32. The third-order valence-corrected chi connectivity index (χ3v) is 2.50. The molecule has 9 heteroatoms. The molecule has 0 radical (unpaired) electrons. The average Bonchev–Trinajstić information content (AvgIpc) is 2.41. The zero-order chi connectivity index (χ0) is 16.0. The number of nitrogens with one attached hydrogen (secondary N) is 1. The minimum Gasteiger partial charge on any atom is -0.493 e. The second-order valence-corrected chi connectivity index (χ2v) is 4.40. The molecular formula is C13H18ClF3N2O3. The van der Waals surface area contributed by atoms with E-state index in [9.17, 15) is 18.0 Å². The van der Waals surface area contributed by atoms with E-state index in [-0.39, 0.29) is 36.4 Å². The van der Waals surface area contributed by atoms with Gasteiger partial charge in [-0.05, 0) is 24.6 Å². The van der Waals surface area contributed by atoms with Crippen molar-refractivity contribution in [2.75, 3.05) is 13.7 Å². The Morgan fingerprint density at radius 2 is 2.00 bits per heavy atom. The molecule has 0 bridgehead atoms. The van der Waals surface area contributed by atoms with Gasteiger partial charge < -0.3 is 20.5 Å². The monoisotopic (exact) mass is 342 g/mol. The van der Waals surface area contributed by atoms with E-state index in [1.54, 1.807) is 6.92 Å². The molecule has 5 nitrogen and oxygen atoms in total. The van der Waals surface area contributed by atoms with E-state index >= 15 is 0 Å². The van der Waals surface area contributed by atoms with Gasteiger partial charge in [0.25, 0.3) is 0 Å². The summed E-state index contributed by atoms with van der Waals surface area (Å²) in [5.41, 5.74) is 6.05. The van der Waals surface area contributed by atoms with Crippen LogP contribution in [0.1, 0.15) is 12.5 Å². The van der Waals surface area contributed by atoms with E-state index in [4.69, 9.17) is 10.5 Å². The first-order chi connectivity index (χ1) is 9.73. The second-order valence-electron chi connectivity index (χ2n) is 4.40. The average molecular weight is 343 g/mol. The van der Waals surface area contributed by atoms with Crippen molar-refractivity contribution in [1.82, 2.24) is 5.32 Å². The Morgan fingerprint density at radius 1 is 1.36 bits per heavy atom. The Balaban J connectivity index is 0.00000441. The topological polar surface area (TPSA) is 73.6 Å². The van der Waals surface area contributed by atoms with Gasteiger partial charge in [-0.25, -0.2) is 0 Å². The number of hydrogen-bond acceptors (Lipinski definition) is 4. The molecule has 0 aliphatic heterocycles. The van der Waals surface area contributed by atoms with Gasteiger partial charge >= 0.3 is 6.18 Å². The van der Waals surface area contributed by atoms with Crippen molar-refractivity contribution in [3.63, 3.8) is 0 Å². The predicted molar refractivity (Wildman–Crippen MR) is 77.3 cm³/mol. The molecule has 1 rings (SSSR count). The van der Waals surface area contributed by atoms with E-state index < -0.39 is 18.8 Å². The lowest BCUT2D eigenvalue weighted by molar-refractivity contribution is -0.153. The summed E-state index contributed by atoms with van der Waals surface area (Å²) in [5.74, 6) is -0.185. The third-order valence-electron chi connectivity index (χ3n) is 2.50. The zero-order valence-corrected chi connectivity index (χ0v) is 12.9. The lowest BCUT2D eigenvalue weighted by atomic mass is 10.2. The predicted octanol–water partition coefficient (Wildman–Crippen LogP) is 2.02. The Kier molecular flexibility index (Phi) is 8.04. The molecule has 0 aliphatic carbocycles. The summed E-state index contributed by atoms with van der Waals surface area (Å²) in [6.07, 6.45) is -4.42. The largest absolute Gasteiger partial charge is 0.493 e. The van der Waals surface area contributed by atoms with Crippen molar-refractivity contribution < 1.29 is 27.4 Å². The van der Waals surface area contributed by atoms with Gasteiger partial charge in [-0.3, -0.25) is 4.79 Å². The number of amides is 1. The lowest BCUT2D eigenvalue weighted by Gasteiger charge is -2.14. The minimum atomic E-state index is -4.42. The van der Waals surface area contributed by atoms with E-state index in [1.165, 1.54) is 25.3 Å². The van der Waals surface area contributed by atoms with Crippen molar-refractivity contribution in [1.29, 1.82) is 0 Å². The first-order valence-electron chi connectivity index (χ1n) is 6.12. The van der Waals surface area contributed by atoms with E-state index in [0.29, 0.717) is 5.56 Å². The smallest absolute Gasteiger partial charge is 0.422 e. The molecule has 22 heavy (non-hydrogen) atoms. The maximum Gasteiger partial charge on any atom is 0.422 e. The number of hydrogen-bond donors (Lipinski definition) is 2. The highest BCUT2D eigenvalue weighted by Crippen LogP contribution is 2.29. The quantitative estimate of drug-likeness (QED) is 0.829. The Bertz CT molecular complexity index is 496. The van der Waals surface area contributed by atoms with Gasteiger partial charge in [0.05, 0.1) is 13.2 Å². The molecule has 0 fully saturated rings. The molecule has 0 unspecified atom stereocenters. The molecule has 0 aromatic heterocycles. The van der Waals surface area contributed by atoms with E-state index in [0.717, 1.165) is 0 Å². The standard InChI is InChI=1S/C13H17F3N2O3.ClH/c1-8(17)12(19)18-6-9-3-4-10(11(5-9)20-2)21-7-13(14,15)16;/h3-5,8H,6-7,17H2,1-2H3,(H,18,19);1H/t8-;/m1./s1. The fourth-order valence-electron chi connectivity index (χ4n) is 1.45. The molecule has 126 valence electrons. The number of rotatable bonds is 6. The highest BCUT2D eigenvalue weighted by atomic mass is 35.5. The SMILES string of the molecule is COc1cc(CNC(=O)[C@@H](C)N)ccc1OCC(F)(F)F.Cl. The third kappa shape index (κ3) is 6.86. The molecule has 0 spiro atoms. The molecule has 1 aromatic carbocycles. The fraction of sp³-hybridized carbons (Fsp3) is 0.462. The van der Waals surface area contributed by atoms with Crippen LogP contribution in [0, 0.1) is 0 Å². The molecule has 1 aromatic rings. The number of carbonyl (C=O) groups is 1. The van der Waals surface area contributed by atoms with Crippen LogP contribution in [-0.2, 0) is 11.3 Å². The first kappa shape index (κ1) is 20.3. The molecule has 1 atom stereocenters. The van der Waals surface area contributed by atoms with Crippen LogP contribution in [0.15, 0.2) is 18.2 Å². The van der Waals surface area contributed by atoms with Crippen LogP contribution in [0.2, 0.25) is 0 Å². The number of halogens is 4. The minimum absolute atomic E-state index is 0. The van der Waals surface area contributed by atoms with Gasteiger partial charge in [0, 0.05) is 6.54 Å². The summed E-state index contributed by atoms with van der Waals surface area (Å²) in [6.45, 7) is 0.338. The van der Waals surface area contributed by atoms with Crippen LogP contribution in [-0.4, -0.2) is 31.8 Å². The molecule has 0 saturated heterocycles. The highest BCUT2D eigenvalue weighted by Gasteiger charge is 2.29. The highest BCUT2D eigenvalue weighted by molar-refractivity contribution is 5.85. The second kappa shape index (κ2) is 8.70. The van der Waals surface area contributed by atoms with Crippen LogP contribution < -0.4 is 20.5 Å². The maximum absolute atomic E-state index is 12.1. The molecular weight excluding hydrogens is 325 g/mol. The number of nitrogens with two attached hydrogens (primary N) is 1. The van der Waals surface area contributed by atoms with Crippen LogP contribution in [0.3, 0.4) is 0 Å². The molecule has 0 heterocycles. The summed E-state index contributed by atoms with van der Waals surface area (Å²) >= 11 is 0. The van der Waals surface area contributed by atoms with Crippen molar-refractivity contribution in [3.8, 4) is 11.5 Å². The lowest BCUT2D eigenvalue weighted by Crippen LogP contribution is -2.37. The van der Waals surface area contributed by atoms with E-state index in [2.05, 4.69) is 10.1 Å². The summed E-state index contributed by atoms with van der Waals surface area (Å²) in [6, 6.07) is 3.75. The Hall–Kier alpha value is -1.67. The van der Waals surface area contributed by atoms with Crippen molar-refractivity contribution in [3.05, 3.63) is 23.8 Å². The van der Waals surface area contributed by atoms with Crippen molar-refractivity contribution >= 4 is 18.3 Å². The molecule has 3 N–H and O–H groups in total. The van der Waals surface area contributed by atoms with Crippen LogP contribution in [0.4, 0.5) is 13.2 Å². The van der Waals surface area contributed by atoms with E-state index in [1.807, 2.05) is 0 Å². The number of ether oxygens (including phenoxy) is 2. The van der Waals surface area contributed by atoms with Gasteiger partial charge in [-0.1, -0.05) is 6.07 Å². The van der Waals surface area contributed by atoms with Crippen LogP contribution in [0.25, 0.3) is 0 Å². The summed E-state index contributed by atoms with van der Waals surface area (Å²) in [5, 5.41) is 2.59. The Morgan fingerprint density at radius 3 is 2.50 bits per heavy atom. The van der Waals surface area contributed by atoms with Gasteiger partial charge in [0.1, 0.15) is 0 Å². The number of benzene rings is 1. The normalized spacial score (nSPS) is 12.1. The van der Waals surface area contributed by atoms with Gasteiger partial charge in [-0.15, -0.1) is 12.4 Å². The van der Waals surface area contributed by atoms with Crippen LogP contribution in [0.5, 0.6) is 11.5 Å². The zero-order valence-electron chi connectivity index (χ0n) is 12.1. The molecule has 1 amide bonds. The molecule has 0 aliphatic rings. The number of alkyl halides is 3. The van der Waals surface area contributed by atoms with Gasteiger partial charge in [0.15, 0.2) is 18.1 Å². The number of methoxy groups -OCH3 is 1. The van der Waals surface area contributed by atoms with Crippen LogP contribution >= 0.6 is 12.4 Å². The van der Waals surface area contributed by atoms with Crippen molar-refractivity contribution in [2.45, 2.75) is 25.7 Å². The van der Waals surface area contributed by atoms with Crippen molar-refractivity contribution in [2.24, 2.45) is 5.73 Å². The van der Waals surface area contributed by atoms with Gasteiger partial charge in [0.2, 0.25) is 5.91 Å². The first-order valence-corrected chi connectivity index (χ1v) is 6.12. The maximum atomic E-state index is 12.1. The number of carbonyl (C=O) groups excluding carboxylic acids is 1.